The molecule has 7 heteroatoms. The van der Waals surface area contributed by atoms with Gasteiger partial charge in [-0.1, -0.05) is 34.6 Å². The number of nitrogens with zero attached hydrogens (tertiary/aromatic N) is 2. The summed E-state index contributed by atoms with van der Waals surface area (Å²) in [6.07, 6.45) is 2.85. The Balaban J connectivity index is 2.13. The van der Waals surface area contributed by atoms with Crippen LogP contribution in [0.2, 0.25) is 0 Å². The second-order valence-electron chi connectivity index (χ2n) is 8.31. The van der Waals surface area contributed by atoms with Crippen LogP contribution in [0.4, 0.5) is 5.69 Å². The van der Waals surface area contributed by atoms with Gasteiger partial charge in [-0.05, 0) is 52.4 Å². The number of hydrogen-bond acceptors (Lipinski definition) is 5. The van der Waals surface area contributed by atoms with E-state index in [9.17, 15) is 9.59 Å². The maximum atomic E-state index is 12.6. The standard InChI is InChI=1S/C20H32BrN3O3/c1-7-27-17(25)8-9-24-19(26)18(21)16(11-22-24)23-15-10-12(2)20(5,6)14(4)13(15)3/h11-15,23H,7-10H2,1-6H3/t12-,13+,14+,15+/m0/s1. The minimum Gasteiger partial charge on any atom is -0.466 e. The Kier molecular flexibility index (Phi) is 7.11. The smallest absolute Gasteiger partial charge is 0.307 e. The molecule has 0 amide bonds. The Morgan fingerprint density at radius 2 is 2.07 bits per heavy atom. The molecule has 0 saturated heterocycles. The van der Waals surface area contributed by atoms with E-state index in [-0.39, 0.29) is 30.5 Å². The lowest BCUT2D eigenvalue weighted by atomic mass is 9.58. The molecular formula is C20H32BrN3O3. The van der Waals surface area contributed by atoms with Crippen molar-refractivity contribution in [1.29, 1.82) is 0 Å². The van der Waals surface area contributed by atoms with Crippen molar-refractivity contribution in [3.05, 3.63) is 21.0 Å². The van der Waals surface area contributed by atoms with Gasteiger partial charge in [-0.25, -0.2) is 4.68 Å². The highest BCUT2D eigenvalue weighted by molar-refractivity contribution is 9.10. The third-order valence-electron chi connectivity index (χ3n) is 6.63. The first-order valence-electron chi connectivity index (χ1n) is 9.77. The number of hydrogen-bond donors (Lipinski definition) is 1. The molecule has 1 aliphatic rings. The number of aromatic nitrogens is 2. The van der Waals surface area contributed by atoms with Crippen molar-refractivity contribution in [3.63, 3.8) is 0 Å². The van der Waals surface area contributed by atoms with Crippen molar-refractivity contribution < 1.29 is 9.53 Å². The van der Waals surface area contributed by atoms with Gasteiger partial charge in [-0.2, -0.15) is 5.10 Å². The lowest BCUT2D eigenvalue weighted by molar-refractivity contribution is -0.143. The predicted molar refractivity (Wildman–Crippen MR) is 111 cm³/mol. The molecule has 0 aliphatic heterocycles. The Bertz CT molecular complexity index is 732. The summed E-state index contributed by atoms with van der Waals surface area (Å²) in [7, 11) is 0. The number of anilines is 1. The minimum atomic E-state index is -0.328. The summed E-state index contributed by atoms with van der Waals surface area (Å²) in [6, 6.07) is 0.288. The fourth-order valence-electron chi connectivity index (χ4n) is 3.92. The number of halogens is 1. The Morgan fingerprint density at radius 3 is 2.70 bits per heavy atom. The third-order valence-corrected chi connectivity index (χ3v) is 7.40. The first kappa shape index (κ1) is 21.9. The van der Waals surface area contributed by atoms with Gasteiger partial charge in [0.05, 0.1) is 31.5 Å². The molecule has 0 radical (unpaired) electrons. The summed E-state index contributed by atoms with van der Waals surface area (Å²) in [5, 5.41) is 7.77. The monoisotopic (exact) mass is 441 g/mol. The summed E-state index contributed by atoms with van der Waals surface area (Å²) in [6.45, 7) is 13.9. The molecule has 1 saturated carbocycles. The fraction of sp³-hybridized carbons (Fsp3) is 0.750. The summed E-state index contributed by atoms with van der Waals surface area (Å²) in [4.78, 5) is 24.1. The molecule has 1 aromatic heterocycles. The number of carbonyl (C=O) groups excluding carboxylic acids is 1. The van der Waals surface area contributed by atoms with Crippen molar-refractivity contribution in [2.75, 3.05) is 11.9 Å². The van der Waals surface area contributed by atoms with Crippen molar-refractivity contribution in [2.24, 2.45) is 23.2 Å². The number of ether oxygens (including phenoxy) is 1. The van der Waals surface area contributed by atoms with Gasteiger partial charge >= 0.3 is 5.97 Å². The molecule has 0 aromatic carbocycles. The topological polar surface area (TPSA) is 73.2 Å². The van der Waals surface area contributed by atoms with Crippen LogP contribution in [0.3, 0.4) is 0 Å². The Morgan fingerprint density at radius 1 is 1.41 bits per heavy atom. The highest BCUT2D eigenvalue weighted by Gasteiger charge is 2.43. The Labute approximate surface area is 170 Å². The van der Waals surface area contributed by atoms with Crippen molar-refractivity contribution in [3.8, 4) is 0 Å². The second kappa shape index (κ2) is 8.76. The Hall–Kier alpha value is -1.37. The van der Waals surface area contributed by atoms with E-state index in [0.29, 0.717) is 39.9 Å². The summed E-state index contributed by atoms with van der Waals surface area (Å²) >= 11 is 3.42. The quantitative estimate of drug-likeness (QED) is 0.673. The maximum Gasteiger partial charge on any atom is 0.307 e. The van der Waals surface area contributed by atoms with Crippen molar-refractivity contribution >= 4 is 27.6 Å². The van der Waals surface area contributed by atoms with Crippen molar-refractivity contribution in [1.82, 2.24) is 9.78 Å². The average molecular weight is 442 g/mol. The van der Waals surface area contributed by atoms with E-state index >= 15 is 0 Å². The van der Waals surface area contributed by atoms with Gasteiger partial charge in [0.25, 0.3) is 5.56 Å². The fourth-order valence-corrected chi connectivity index (χ4v) is 4.34. The minimum absolute atomic E-state index is 0.129. The van der Waals surface area contributed by atoms with Crippen LogP contribution in [0.1, 0.15) is 54.4 Å². The molecule has 1 N–H and O–H groups in total. The maximum absolute atomic E-state index is 12.6. The van der Waals surface area contributed by atoms with Crippen LogP contribution in [-0.2, 0) is 16.1 Å². The number of nitrogens with one attached hydrogen (secondary N) is 1. The lowest BCUT2D eigenvalue weighted by Gasteiger charge is -2.50. The molecule has 4 atom stereocenters. The molecule has 1 fully saturated rings. The number of rotatable bonds is 6. The van der Waals surface area contributed by atoms with Gasteiger partial charge in [0.2, 0.25) is 0 Å². The zero-order valence-electron chi connectivity index (χ0n) is 17.2. The third kappa shape index (κ3) is 4.73. The number of aryl methyl sites for hydroxylation is 1. The number of esters is 1. The molecule has 0 unspecified atom stereocenters. The SMILES string of the molecule is CCOC(=O)CCn1ncc(N[C@@H]2C[C@H](C)C(C)(C)[C@H](C)[C@H]2C)c(Br)c1=O. The first-order valence-corrected chi connectivity index (χ1v) is 10.6. The van der Waals surface area contributed by atoms with Gasteiger partial charge in [0.15, 0.2) is 0 Å². The van der Waals surface area contributed by atoms with E-state index in [4.69, 9.17) is 4.74 Å². The van der Waals surface area contributed by atoms with Gasteiger partial charge in [0, 0.05) is 6.04 Å². The van der Waals surface area contributed by atoms with Crippen LogP contribution in [0, 0.1) is 23.2 Å². The summed E-state index contributed by atoms with van der Waals surface area (Å²) in [5.41, 5.74) is 0.765. The van der Waals surface area contributed by atoms with E-state index < -0.39 is 0 Å². The zero-order chi connectivity index (χ0) is 20.4. The molecule has 27 heavy (non-hydrogen) atoms. The first-order chi connectivity index (χ1) is 12.6. The van der Waals surface area contributed by atoms with Gasteiger partial charge in [-0.3, -0.25) is 9.59 Å². The predicted octanol–water partition coefficient (Wildman–Crippen LogP) is 4.08. The van der Waals surface area contributed by atoms with Crippen LogP contribution in [0.25, 0.3) is 0 Å². The van der Waals surface area contributed by atoms with Gasteiger partial charge in [-0.15, -0.1) is 0 Å². The van der Waals surface area contributed by atoms with Crippen molar-refractivity contribution in [2.45, 2.75) is 67.0 Å². The molecule has 1 heterocycles. The molecule has 0 spiro atoms. The molecular weight excluding hydrogens is 410 g/mol. The van der Waals surface area contributed by atoms with E-state index in [1.807, 2.05) is 0 Å². The number of carbonyl (C=O) groups is 1. The van der Waals surface area contributed by atoms with Crippen LogP contribution in [-0.4, -0.2) is 28.4 Å². The zero-order valence-corrected chi connectivity index (χ0v) is 18.8. The van der Waals surface area contributed by atoms with Crippen LogP contribution < -0.4 is 10.9 Å². The van der Waals surface area contributed by atoms with Crippen LogP contribution in [0.5, 0.6) is 0 Å². The van der Waals surface area contributed by atoms with E-state index in [1.54, 1.807) is 13.1 Å². The van der Waals surface area contributed by atoms with Crippen LogP contribution >= 0.6 is 15.9 Å². The lowest BCUT2D eigenvalue weighted by Crippen LogP contribution is -2.48. The summed E-state index contributed by atoms with van der Waals surface area (Å²) < 4.78 is 6.65. The molecule has 1 aliphatic carbocycles. The molecule has 6 nitrogen and oxygen atoms in total. The summed E-state index contributed by atoms with van der Waals surface area (Å²) in [5.74, 6) is 1.30. The highest BCUT2D eigenvalue weighted by atomic mass is 79.9. The highest BCUT2D eigenvalue weighted by Crippen LogP contribution is 2.48. The van der Waals surface area contributed by atoms with Gasteiger partial charge < -0.3 is 10.1 Å². The molecule has 152 valence electrons. The molecule has 2 rings (SSSR count). The second-order valence-corrected chi connectivity index (χ2v) is 9.11. The normalized spacial score (nSPS) is 27.2. The van der Waals surface area contributed by atoms with E-state index in [0.717, 1.165) is 6.42 Å². The molecule has 0 bridgehead atoms. The van der Waals surface area contributed by atoms with E-state index in [1.165, 1.54) is 4.68 Å². The molecule has 1 aromatic rings. The average Bonchev–Trinajstić information content (AvgIpc) is 2.61. The largest absolute Gasteiger partial charge is 0.466 e. The van der Waals surface area contributed by atoms with E-state index in [2.05, 4.69) is 61.0 Å². The van der Waals surface area contributed by atoms with Gasteiger partial charge in [0.1, 0.15) is 4.47 Å². The van der Waals surface area contributed by atoms with Crippen LogP contribution in [0.15, 0.2) is 15.5 Å².